The molecule has 18 aromatic rings. The van der Waals surface area contributed by atoms with Gasteiger partial charge in [0.05, 0.1) is 22.1 Å². The number of furan rings is 2. The van der Waals surface area contributed by atoms with Crippen LogP contribution in [0.4, 0.5) is 0 Å². The maximum atomic E-state index is 9.29. The van der Waals surface area contributed by atoms with Crippen LogP contribution in [0.25, 0.3) is 153 Å². The zero-order valence-electron chi connectivity index (χ0n) is 52.6. The fourth-order valence-electron chi connectivity index (χ4n) is 11.6. The number of rotatable bonds is 12. The summed E-state index contributed by atoms with van der Waals surface area (Å²) in [6, 6.07) is 83.1. The van der Waals surface area contributed by atoms with Gasteiger partial charge in [-0.25, -0.2) is 29.9 Å². The van der Waals surface area contributed by atoms with E-state index in [-0.39, 0.29) is 0 Å². The van der Waals surface area contributed by atoms with Crippen molar-refractivity contribution in [3.63, 3.8) is 0 Å². The molecule has 0 fully saturated rings. The van der Waals surface area contributed by atoms with Gasteiger partial charge in [-0.3, -0.25) is 4.98 Å². The van der Waals surface area contributed by atoms with Crippen LogP contribution in [0.3, 0.4) is 0 Å². The Bertz CT molecular complexity index is 5890. The molecule has 0 spiro atoms. The first-order valence-corrected chi connectivity index (χ1v) is 33.0. The lowest BCUT2D eigenvalue weighted by atomic mass is 9.79. The number of thiophene rings is 2. The number of hydrogen-bond donors (Lipinski definition) is 6. The number of para-hydroxylation sites is 1. The summed E-state index contributed by atoms with van der Waals surface area (Å²) >= 11 is 3.29. The molecular weight excluding hydrogens is 1290 g/mol. The van der Waals surface area contributed by atoms with Crippen LogP contribution in [0, 0.1) is 0 Å². The predicted octanol–water partition coefficient (Wildman–Crippen LogP) is 14.2. The Balaban J connectivity index is 0.000000111. The molecule has 0 aliphatic rings. The van der Waals surface area contributed by atoms with Crippen molar-refractivity contribution in [2.75, 3.05) is 0 Å². The van der Waals surface area contributed by atoms with Gasteiger partial charge in [-0.05, 0) is 88.8 Å². The normalized spacial score (nSPS) is 11.1. The molecule has 0 unspecified atom stereocenters. The van der Waals surface area contributed by atoms with Crippen LogP contribution in [0.15, 0.2) is 282 Å². The van der Waals surface area contributed by atoms with Gasteiger partial charge < -0.3 is 48.3 Å². The summed E-state index contributed by atoms with van der Waals surface area (Å²) < 4.78 is 25.3. The smallest absolute Gasteiger partial charge is 0.537 e. The van der Waals surface area contributed by atoms with E-state index in [0.717, 1.165) is 109 Å². The third kappa shape index (κ3) is 13.7. The van der Waals surface area contributed by atoms with E-state index in [9.17, 15) is 10.0 Å². The Kier molecular flexibility index (Phi) is 18.5. The summed E-state index contributed by atoms with van der Waals surface area (Å²) in [5.41, 5.74) is 13.2. The fourth-order valence-corrected chi connectivity index (χ4v) is 13.6. The zero-order chi connectivity index (χ0) is 68.1. The lowest BCUT2D eigenvalue weighted by Gasteiger charge is -2.08. The van der Waals surface area contributed by atoms with E-state index in [0.29, 0.717) is 72.3 Å². The van der Waals surface area contributed by atoms with Crippen LogP contribution in [-0.2, 0) is 0 Å². The minimum Gasteiger partial charge on any atom is -0.537 e. The van der Waals surface area contributed by atoms with Gasteiger partial charge in [0.15, 0.2) is 23.3 Å². The summed E-state index contributed by atoms with van der Waals surface area (Å²) in [5.74, 6) is 3.45. The van der Waals surface area contributed by atoms with Crippen molar-refractivity contribution < 1.29 is 48.3 Å². The molecule has 11 aromatic carbocycles. The maximum Gasteiger partial charge on any atom is 0.569 e. The Hall–Kier alpha value is -11.8. The van der Waals surface area contributed by atoms with E-state index in [1.165, 1.54) is 9.40 Å². The number of fused-ring (bicyclic) bond motifs is 12. The van der Waals surface area contributed by atoms with Gasteiger partial charge >= 0.3 is 29.6 Å². The first kappa shape index (κ1) is 64.3. The monoisotopic (exact) mass is 1340 g/mol. The molecule has 7 aromatic heterocycles. The van der Waals surface area contributed by atoms with Crippen molar-refractivity contribution in [2.24, 2.45) is 0 Å². The van der Waals surface area contributed by atoms with Gasteiger partial charge in [-0.1, -0.05) is 188 Å². The van der Waals surface area contributed by atoms with Gasteiger partial charge in [-0.15, -0.1) is 22.7 Å². The third-order valence-electron chi connectivity index (χ3n) is 16.5. The van der Waals surface area contributed by atoms with E-state index in [1.807, 2.05) is 188 Å². The van der Waals surface area contributed by atoms with Crippen molar-refractivity contribution in [2.45, 2.75) is 0 Å². The summed E-state index contributed by atoms with van der Waals surface area (Å²) in [4.78, 5) is 33.5. The average Bonchev–Trinajstić information content (AvgIpc) is 1.62. The quantitative estimate of drug-likeness (QED) is 0.0622. The summed E-state index contributed by atoms with van der Waals surface area (Å²) in [7, 11) is -1.62. The molecule has 0 amide bonds. The van der Waals surface area contributed by atoms with Crippen molar-refractivity contribution in [3.05, 3.63) is 273 Å². The molecule has 0 saturated carbocycles. The molecule has 100 heavy (non-hydrogen) atoms. The van der Waals surface area contributed by atoms with E-state index in [4.69, 9.17) is 53.2 Å². The van der Waals surface area contributed by atoms with E-state index >= 15 is 0 Å². The van der Waals surface area contributed by atoms with Crippen molar-refractivity contribution in [3.8, 4) is 79.4 Å². The standard InChI is InChI=1S/C27H17BN3O3.C18H12BO3.2C16H11BN2O2S/c32-28-34-20-12-14-22-21-13-11-19(15-23(21)33-24(22)16-20)27-30-25(17-7-3-1-4-8-17)29-26(31-27)18-9-5-2-6-10-18;20-19-22-14-8-5-12(6-9-14)13-7-10-18-16(11-13)15-3-1-2-4-17(15)21-18;20-17(21)11-5-3-4-10(8-11)16-18-9-14-15(19-16)12-6-1-2-7-13(12)22-14;20-17(21)11-7-5-10(6-8-11)13-9-18-15-12-3-1-2-4-14(12)22-16(15)19-13/h1-16,32H;1-11,20H;2*1-9,20-21H. The SMILES string of the molecule is OB(O)c1ccc(-c2cnc3c(n2)sc2ccccc23)cc1.OB(O)c1cccc(-c2ncc3sc4ccccc4c3n2)c1.O[B]Oc1ccc(-c2ccc3oc4ccccc4c3c2)cc1.O[B]Oc1ccc2c(c1)oc1cc(-c3nc(-c4ccccc4)nc(-c4ccccc4)n3)ccc12. The molecule has 0 aliphatic carbocycles. The molecule has 478 valence electrons. The Morgan fingerprint density at radius 3 is 1.53 bits per heavy atom. The molecule has 2 radical (unpaired) electrons. The molecule has 0 saturated heterocycles. The molecule has 0 bridgehead atoms. The van der Waals surface area contributed by atoms with Gasteiger partial charge in [0.1, 0.15) is 44.2 Å². The van der Waals surface area contributed by atoms with Crippen LogP contribution in [0.2, 0.25) is 0 Å². The van der Waals surface area contributed by atoms with Crippen LogP contribution in [0.1, 0.15) is 0 Å². The van der Waals surface area contributed by atoms with Crippen LogP contribution in [-0.4, -0.2) is 94.6 Å². The lowest BCUT2D eigenvalue weighted by molar-refractivity contribution is 0.424. The van der Waals surface area contributed by atoms with E-state index in [2.05, 4.69) is 56.3 Å². The Labute approximate surface area is 580 Å². The number of aromatic nitrogens is 7. The number of hydrogen-bond acceptors (Lipinski definition) is 19. The first-order chi connectivity index (χ1) is 49.1. The molecule has 7 heterocycles. The predicted molar refractivity (Wildman–Crippen MR) is 400 cm³/mol. The molecule has 0 aliphatic heterocycles. The highest BCUT2D eigenvalue weighted by molar-refractivity contribution is 7.26. The highest BCUT2D eigenvalue weighted by Crippen LogP contribution is 2.38. The second kappa shape index (κ2) is 28.8. The molecule has 6 N–H and O–H groups in total. The zero-order valence-corrected chi connectivity index (χ0v) is 54.2. The Morgan fingerprint density at radius 1 is 0.320 bits per heavy atom. The van der Waals surface area contributed by atoms with E-state index in [1.54, 1.807) is 71.3 Å². The summed E-state index contributed by atoms with van der Waals surface area (Å²) in [6.07, 6.45) is 3.58. The van der Waals surface area contributed by atoms with Gasteiger partial charge in [0.25, 0.3) is 0 Å². The fraction of sp³-hybridized carbons (Fsp3) is 0. The number of nitrogens with zero attached hydrogens (tertiary/aromatic N) is 7. The lowest BCUT2D eigenvalue weighted by Crippen LogP contribution is -2.29. The molecule has 23 heteroatoms. The van der Waals surface area contributed by atoms with Crippen molar-refractivity contribution in [1.82, 2.24) is 34.9 Å². The first-order valence-electron chi connectivity index (χ1n) is 31.4. The van der Waals surface area contributed by atoms with Crippen molar-refractivity contribution >= 4 is 148 Å². The second-order valence-electron chi connectivity index (χ2n) is 22.8. The average molecular weight is 1340 g/mol. The van der Waals surface area contributed by atoms with Crippen LogP contribution in [0.5, 0.6) is 11.5 Å². The highest BCUT2D eigenvalue weighted by Gasteiger charge is 2.19. The van der Waals surface area contributed by atoms with Crippen LogP contribution < -0.4 is 20.2 Å². The third-order valence-corrected chi connectivity index (χ3v) is 18.6. The summed E-state index contributed by atoms with van der Waals surface area (Å²) in [6.45, 7) is 0. The molecule has 18 rings (SSSR count). The van der Waals surface area contributed by atoms with Crippen molar-refractivity contribution in [1.29, 1.82) is 0 Å². The van der Waals surface area contributed by atoms with E-state index < -0.39 is 14.2 Å². The Morgan fingerprint density at radius 2 is 0.840 bits per heavy atom. The molecule has 17 nitrogen and oxygen atoms in total. The van der Waals surface area contributed by atoms with Gasteiger partial charge in [0.2, 0.25) is 0 Å². The van der Waals surface area contributed by atoms with Gasteiger partial charge in [-0.2, -0.15) is 0 Å². The second-order valence-corrected chi connectivity index (χ2v) is 24.9. The minimum atomic E-state index is -1.49. The maximum absolute atomic E-state index is 9.29. The highest BCUT2D eigenvalue weighted by atomic mass is 32.1. The minimum absolute atomic E-state index is 0.427. The molecule has 0 atom stereocenters. The van der Waals surface area contributed by atoms with Gasteiger partial charge in [0, 0.05) is 81.8 Å². The largest absolute Gasteiger partial charge is 0.569 e. The number of benzene rings is 11. The topological polar surface area (TPSA) is 256 Å². The summed E-state index contributed by atoms with van der Waals surface area (Å²) in [5, 5.41) is 60.8. The van der Waals surface area contributed by atoms with Crippen LogP contribution >= 0.6 is 22.7 Å². The molecular formula is C77H51B4N7O10S2.